The molecule has 4 heteroatoms. The molecule has 0 radical (unpaired) electrons. The van der Waals surface area contributed by atoms with Gasteiger partial charge < -0.3 is 9.84 Å². The van der Waals surface area contributed by atoms with E-state index in [0.717, 1.165) is 6.29 Å². The van der Waals surface area contributed by atoms with Gasteiger partial charge in [-0.2, -0.15) is 0 Å². The average Bonchev–Trinajstić information content (AvgIpc) is 2.26. The zero-order valence-corrected chi connectivity index (χ0v) is 8.34. The fraction of sp³-hybridized carbons (Fsp3) is 0.273. The smallest absolute Gasteiger partial charge is 0.309 e. The molecule has 0 heterocycles. The quantitative estimate of drug-likeness (QED) is 0.746. The first-order valence-electron chi connectivity index (χ1n) is 4.54. The Balaban J connectivity index is 2.51. The van der Waals surface area contributed by atoms with E-state index in [1.54, 1.807) is 31.2 Å². The van der Waals surface area contributed by atoms with Crippen LogP contribution in [0.3, 0.4) is 0 Å². The number of ether oxygens (including phenoxy) is 1. The van der Waals surface area contributed by atoms with Crippen molar-refractivity contribution in [3.8, 4) is 5.75 Å². The third-order valence-electron chi connectivity index (χ3n) is 1.94. The molecule has 1 rings (SSSR count). The summed E-state index contributed by atoms with van der Waals surface area (Å²) in [5, 5.41) is 8.62. The third-order valence-corrected chi connectivity index (χ3v) is 1.94. The minimum atomic E-state index is -0.889. The first-order chi connectivity index (χ1) is 7.13. The van der Waals surface area contributed by atoms with Crippen molar-refractivity contribution in [2.75, 3.05) is 6.61 Å². The molecule has 0 aromatic heterocycles. The molecule has 1 N–H and O–H groups in total. The molecule has 1 aromatic rings. The van der Waals surface area contributed by atoms with Crippen LogP contribution < -0.4 is 4.74 Å². The molecule has 0 bridgehead atoms. The molecule has 0 amide bonds. The molecule has 4 nitrogen and oxygen atoms in total. The van der Waals surface area contributed by atoms with E-state index < -0.39 is 11.9 Å². The number of rotatable bonds is 5. The Kier molecular flexibility index (Phi) is 3.85. The summed E-state index contributed by atoms with van der Waals surface area (Å²) in [6.07, 6.45) is 0.740. The number of aldehydes is 1. The highest BCUT2D eigenvalue weighted by molar-refractivity contribution is 5.74. The van der Waals surface area contributed by atoms with Gasteiger partial charge in [0.05, 0.1) is 5.92 Å². The summed E-state index contributed by atoms with van der Waals surface area (Å²) in [6.45, 7) is 1.69. The highest BCUT2D eigenvalue weighted by Gasteiger charge is 2.11. The highest BCUT2D eigenvalue weighted by Crippen LogP contribution is 2.12. The van der Waals surface area contributed by atoms with Crippen LogP contribution in [0, 0.1) is 5.92 Å². The van der Waals surface area contributed by atoms with Crippen LogP contribution in [0.15, 0.2) is 24.3 Å². The maximum Gasteiger partial charge on any atom is 0.309 e. The van der Waals surface area contributed by atoms with E-state index in [1.807, 2.05) is 0 Å². The highest BCUT2D eigenvalue weighted by atomic mass is 16.5. The number of carboxylic acids is 1. The molecule has 1 aromatic carbocycles. The summed E-state index contributed by atoms with van der Waals surface area (Å²) in [4.78, 5) is 20.8. The molecule has 0 aliphatic heterocycles. The van der Waals surface area contributed by atoms with Gasteiger partial charge in [0.25, 0.3) is 0 Å². The molecular formula is C11H12O4. The summed E-state index contributed by atoms with van der Waals surface area (Å²) in [5.41, 5.74) is 0.564. The second-order valence-corrected chi connectivity index (χ2v) is 3.24. The summed E-state index contributed by atoms with van der Waals surface area (Å²) < 4.78 is 5.23. The second kappa shape index (κ2) is 5.14. The van der Waals surface area contributed by atoms with Crippen LogP contribution in [0.4, 0.5) is 0 Å². The summed E-state index contributed by atoms with van der Waals surface area (Å²) >= 11 is 0. The molecule has 0 spiro atoms. The topological polar surface area (TPSA) is 63.6 Å². The molecule has 80 valence electrons. The van der Waals surface area contributed by atoms with E-state index in [1.165, 1.54) is 0 Å². The number of carbonyl (C=O) groups excluding carboxylic acids is 1. The van der Waals surface area contributed by atoms with Gasteiger partial charge in [0, 0.05) is 5.56 Å². The van der Waals surface area contributed by atoms with Gasteiger partial charge in [-0.25, -0.2) is 0 Å². The van der Waals surface area contributed by atoms with Crippen molar-refractivity contribution in [2.24, 2.45) is 5.92 Å². The molecule has 0 saturated heterocycles. The van der Waals surface area contributed by atoms with Crippen molar-refractivity contribution >= 4 is 12.3 Å². The third kappa shape index (κ3) is 3.42. The number of hydrogen-bond acceptors (Lipinski definition) is 3. The first-order valence-corrected chi connectivity index (χ1v) is 4.54. The fourth-order valence-electron chi connectivity index (χ4n) is 0.935. The van der Waals surface area contributed by atoms with Crippen molar-refractivity contribution < 1.29 is 19.4 Å². The van der Waals surface area contributed by atoms with Crippen molar-refractivity contribution in [3.63, 3.8) is 0 Å². The molecule has 1 atom stereocenters. The number of carboxylic acid groups (broad SMARTS) is 1. The normalized spacial score (nSPS) is 11.8. The molecule has 0 saturated carbocycles. The van der Waals surface area contributed by atoms with Crippen molar-refractivity contribution in [1.82, 2.24) is 0 Å². The Morgan fingerprint density at radius 2 is 2.07 bits per heavy atom. The molecule has 0 aliphatic rings. The average molecular weight is 208 g/mol. The predicted molar refractivity (Wildman–Crippen MR) is 54.1 cm³/mol. The van der Waals surface area contributed by atoms with Gasteiger partial charge in [-0.05, 0) is 31.2 Å². The van der Waals surface area contributed by atoms with Crippen LogP contribution in [0.5, 0.6) is 5.75 Å². The number of hydrogen-bond donors (Lipinski definition) is 1. The number of carbonyl (C=O) groups is 2. The monoisotopic (exact) mass is 208 g/mol. The van der Waals surface area contributed by atoms with Crippen molar-refractivity contribution in [1.29, 1.82) is 0 Å². The van der Waals surface area contributed by atoms with Crippen LogP contribution in [0.1, 0.15) is 17.3 Å². The van der Waals surface area contributed by atoms with Crippen LogP contribution in [0.25, 0.3) is 0 Å². The van der Waals surface area contributed by atoms with Crippen LogP contribution in [-0.4, -0.2) is 24.0 Å². The predicted octanol–water partition coefficient (Wildman–Crippen LogP) is 1.60. The standard InChI is InChI=1S/C11H12O4/c1-8(11(13)14)7-15-10-4-2-9(6-12)3-5-10/h2-6,8H,7H2,1H3,(H,13,14). The molecule has 0 fully saturated rings. The van der Waals surface area contributed by atoms with E-state index in [9.17, 15) is 9.59 Å². The largest absolute Gasteiger partial charge is 0.493 e. The fourth-order valence-corrected chi connectivity index (χ4v) is 0.935. The summed E-state index contributed by atoms with van der Waals surface area (Å²) in [7, 11) is 0. The maximum atomic E-state index is 10.5. The molecule has 1 unspecified atom stereocenters. The van der Waals surface area contributed by atoms with Crippen molar-refractivity contribution in [2.45, 2.75) is 6.92 Å². The summed E-state index contributed by atoms with van der Waals surface area (Å²) in [6, 6.07) is 6.51. The Morgan fingerprint density at radius 1 is 1.47 bits per heavy atom. The van der Waals surface area contributed by atoms with Crippen molar-refractivity contribution in [3.05, 3.63) is 29.8 Å². The van der Waals surface area contributed by atoms with Crippen LogP contribution in [-0.2, 0) is 4.79 Å². The lowest BCUT2D eigenvalue weighted by atomic mass is 10.2. The lowest BCUT2D eigenvalue weighted by Gasteiger charge is -2.08. The van der Waals surface area contributed by atoms with Gasteiger partial charge in [0.2, 0.25) is 0 Å². The van der Waals surface area contributed by atoms with Gasteiger partial charge in [0.1, 0.15) is 18.6 Å². The number of aliphatic carboxylic acids is 1. The van der Waals surface area contributed by atoms with Gasteiger partial charge in [-0.3, -0.25) is 9.59 Å². The molecule has 0 aliphatic carbocycles. The van der Waals surface area contributed by atoms with E-state index in [-0.39, 0.29) is 6.61 Å². The minimum absolute atomic E-state index is 0.121. The van der Waals surface area contributed by atoms with Gasteiger partial charge in [-0.15, -0.1) is 0 Å². The SMILES string of the molecule is CC(COc1ccc(C=O)cc1)C(=O)O. The second-order valence-electron chi connectivity index (χ2n) is 3.24. The van der Waals surface area contributed by atoms with E-state index in [2.05, 4.69) is 0 Å². The van der Waals surface area contributed by atoms with Gasteiger partial charge in [-0.1, -0.05) is 0 Å². The maximum absolute atomic E-state index is 10.5. The lowest BCUT2D eigenvalue weighted by Crippen LogP contribution is -2.17. The Labute approximate surface area is 87.5 Å². The zero-order valence-electron chi connectivity index (χ0n) is 8.34. The first kappa shape index (κ1) is 11.2. The van der Waals surface area contributed by atoms with E-state index in [0.29, 0.717) is 11.3 Å². The van der Waals surface area contributed by atoms with E-state index in [4.69, 9.17) is 9.84 Å². The van der Waals surface area contributed by atoms with Crippen LogP contribution >= 0.6 is 0 Å². The minimum Gasteiger partial charge on any atom is -0.493 e. The zero-order chi connectivity index (χ0) is 11.3. The van der Waals surface area contributed by atoms with Crippen LogP contribution in [0.2, 0.25) is 0 Å². The van der Waals surface area contributed by atoms with E-state index >= 15 is 0 Å². The molecular weight excluding hydrogens is 196 g/mol. The van der Waals surface area contributed by atoms with Gasteiger partial charge in [0.15, 0.2) is 0 Å². The Hall–Kier alpha value is -1.84. The number of benzene rings is 1. The summed E-state index contributed by atoms with van der Waals surface area (Å²) in [5.74, 6) is -0.871. The Morgan fingerprint density at radius 3 is 2.53 bits per heavy atom. The molecule has 15 heavy (non-hydrogen) atoms. The van der Waals surface area contributed by atoms with Gasteiger partial charge >= 0.3 is 5.97 Å². The Bertz CT molecular complexity index is 342. The lowest BCUT2D eigenvalue weighted by molar-refractivity contribution is -0.142.